The first-order valence-electron chi connectivity index (χ1n) is 6.79. The maximum Gasteiger partial charge on any atom is 0.269 e. The molecule has 0 spiro atoms. The van der Waals surface area contributed by atoms with E-state index in [0.717, 1.165) is 22.6 Å². The van der Waals surface area contributed by atoms with Crippen LogP contribution < -0.4 is 10.5 Å². The van der Waals surface area contributed by atoms with Crippen LogP contribution in [0.5, 0.6) is 5.75 Å². The molecule has 0 saturated heterocycles. The summed E-state index contributed by atoms with van der Waals surface area (Å²) in [6.45, 7) is 0.348. The summed E-state index contributed by atoms with van der Waals surface area (Å²) < 4.78 is 5.68. The van der Waals surface area contributed by atoms with Gasteiger partial charge in [0.2, 0.25) is 0 Å². The van der Waals surface area contributed by atoms with Crippen molar-refractivity contribution >= 4 is 22.2 Å². The molecule has 2 aromatic carbocycles. The minimum atomic E-state index is -0.422. The van der Waals surface area contributed by atoms with Crippen molar-refractivity contribution in [2.75, 3.05) is 5.73 Å². The topological polar surface area (TPSA) is 91.3 Å². The highest BCUT2D eigenvalue weighted by Crippen LogP contribution is 2.25. The maximum absolute atomic E-state index is 10.6. The largest absolute Gasteiger partial charge is 0.489 e. The van der Waals surface area contributed by atoms with Gasteiger partial charge in [-0.25, -0.2) is 4.98 Å². The molecular formula is C16H13N3O3S. The van der Waals surface area contributed by atoms with Gasteiger partial charge < -0.3 is 10.5 Å². The predicted molar refractivity (Wildman–Crippen MR) is 89.4 cm³/mol. The highest BCUT2D eigenvalue weighted by atomic mass is 32.1. The minimum absolute atomic E-state index is 0.0700. The molecule has 0 fully saturated rings. The fraction of sp³-hybridized carbons (Fsp3) is 0.0625. The van der Waals surface area contributed by atoms with E-state index in [0.29, 0.717) is 11.7 Å². The molecule has 1 aromatic heterocycles. The molecule has 6 nitrogen and oxygen atoms in total. The van der Waals surface area contributed by atoms with Gasteiger partial charge in [-0.05, 0) is 42.0 Å². The number of nitrogens with zero attached hydrogens (tertiary/aromatic N) is 2. The molecule has 0 amide bonds. The Kier molecular flexibility index (Phi) is 4.20. The molecule has 7 heteroatoms. The van der Waals surface area contributed by atoms with Crippen LogP contribution in [0.1, 0.15) is 5.56 Å². The molecule has 1 heterocycles. The standard InChI is InChI=1S/C16H13N3O3S/c17-16-18-15(10-23-16)12-3-7-14(8-4-12)22-9-11-1-5-13(6-2-11)19(20)21/h1-8,10H,9H2,(H2,17,18). The fourth-order valence-electron chi connectivity index (χ4n) is 2.02. The van der Waals surface area contributed by atoms with E-state index < -0.39 is 4.92 Å². The van der Waals surface area contributed by atoms with Gasteiger partial charge in [-0.1, -0.05) is 0 Å². The molecule has 0 aliphatic heterocycles. The van der Waals surface area contributed by atoms with Gasteiger partial charge in [-0.2, -0.15) is 0 Å². The van der Waals surface area contributed by atoms with Crippen molar-refractivity contribution in [3.05, 3.63) is 69.6 Å². The third-order valence-corrected chi connectivity index (χ3v) is 3.90. The molecule has 3 rings (SSSR count). The molecule has 3 aromatic rings. The van der Waals surface area contributed by atoms with Crippen LogP contribution in [0.15, 0.2) is 53.9 Å². The van der Waals surface area contributed by atoms with Gasteiger partial charge >= 0.3 is 0 Å². The van der Waals surface area contributed by atoms with Gasteiger partial charge in [0.05, 0.1) is 10.6 Å². The molecule has 116 valence electrons. The smallest absolute Gasteiger partial charge is 0.269 e. The number of nitrogen functional groups attached to an aromatic ring is 1. The number of hydrogen-bond donors (Lipinski definition) is 1. The number of nitrogens with two attached hydrogens (primary N) is 1. The summed E-state index contributed by atoms with van der Waals surface area (Å²) in [7, 11) is 0. The molecule has 0 atom stereocenters. The summed E-state index contributed by atoms with van der Waals surface area (Å²) in [6.07, 6.45) is 0. The fourth-order valence-corrected chi connectivity index (χ4v) is 2.59. The van der Waals surface area contributed by atoms with Gasteiger partial charge in [0.1, 0.15) is 12.4 Å². The first-order chi connectivity index (χ1) is 11.1. The van der Waals surface area contributed by atoms with Crippen molar-refractivity contribution in [1.82, 2.24) is 4.98 Å². The van der Waals surface area contributed by atoms with Gasteiger partial charge in [-0.3, -0.25) is 10.1 Å². The Balaban J connectivity index is 1.63. The van der Waals surface area contributed by atoms with Crippen LogP contribution in [0.25, 0.3) is 11.3 Å². The zero-order valence-electron chi connectivity index (χ0n) is 12.0. The Morgan fingerprint density at radius 2 is 1.83 bits per heavy atom. The molecule has 0 radical (unpaired) electrons. The van der Waals surface area contributed by atoms with Gasteiger partial charge in [0.25, 0.3) is 5.69 Å². The van der Waals surface area contributed by atoms with E-state index in [9.17, 15) is 10.1 Å². The van der Waals surface area contributed by atoms with E-state index in [1.165, 1.54) is 23.5 Å². The van der Waals surface area contributed by atoms with Crippen molar-refractivity contribution in [2.24, 2.45) is 0 Å². The summed E-state index contributed by atoms with van der Waals surface area (Å²) in [5, 5.41) is 13.0. The van der Waals surface area contributed by atoms with Crippen LogP contribution in [0.4, 0.5) is 10.8 Å². The Labute approximate surface area is 136 Å². The Hall–Kier alpha value is -2.93. The van der Waals surface area contributed by atoms with Crippen molar-refractivity contribution in [1.29, 1.82) is 0 Å². The Bertz CT molecular complexity index is 813. The number of rotatable bonds is 5. The number of aromatic nitrogens is 1. The van der Waals surface area contributed by atoms with Crippen LogP contribution in [-0.4, -0.2) is 9.91 Å². The van der Waals surface area contributed by atoms with Gasteiger partial charge in [0, 0.05) is 23.1 Å². The number of non-ortho nitro benzene ring substituents is 1. The number of anilines is 1. The average Bonchev–Trinajstić information content (AvgIpc) is 3.00. The minimum Gasteiger partial charge on any atom is -0.489 e. The summed E-state index contributed by atoms with van der Waals surface area (Å²) in [5.41, 5.74) is 8.38. The normalized spacial score (nSPS) is 10.4. The number of benzene rings is 2. The maximum atomic E-state index is 10.6. The lowest BCUT2D eigenvalue weighted by atomic mass is 10.2. The van der Waals surface area contributed by atoms with Crippen LogP contribution in [0.3, 0.4) is 0 Å². The molecule has 23 heavy (non-hydrogen) atoms. The number of nitro groups is 1. The van der Waals surface area contributed by atoms with Gasteiger partial charge in [0.15, 0.2) is 5.13 Å². The monoisotopic (exact) mass is 327 g/mol. The zero-order valence-corrected chi connectivity index (χ0v) is 12.8. The number of hydrogen-bond acceptors (Lipinski definition) is 6. The zero-order chi connectivity index (χ0) is 16.2. The molecule has 0 unspecified atom stereocenters. The highest BCUT2D eigenvalue weighted by Gasteiger charge is 2.05. The van der Waals surface area contributed by atoms with Crippen molar-refractivity contribution < 1.29 is 9.66 Å². The molecule has 0 aliphatic carbocycles. The lowest BCUT2D eigenvalue weighted by Gasteiger charge is -2.07. The second-order valence-corrected chi connectivity index (χ2v) is 5.70. The first-order valence-corrected chi connectivity index (χ1v) is 7.67. The van der Waals surface area contributed by atoms with E-state index in [4.69, 9.17) is 10.5 Å². The lowest BCUT2D eigenvalue weighted by molar-refractivity contribution is -0.384. The third-order valence-electron chi connectivity index (χ3n) is 3.22. The van der Waals surface area contributed by atoms with Crippen molar-refractivity contribution in [3.8, 4) is 17.0 Å². The van der Waals surface area contributed by atoms with Crippen LogP contribution in [-0.2, 0) is 6.61 Å². The van der Waals surface area contributed by atoms with Gasteiger partial charge in [-0.15, -0.1) is 11.3 Å². The van der Waals surface area contributed by atoms with Crippen molar-refractivity contribution in [3.63, 3.8) is 0 Å². The lowest BCUT2D eigenvalue weighted by Crippen LogP contribution is -1.96. The number of ether oxygens (including phenoxy) is 1. The number of thiazole rings is 1. The SMILES string of the molecule is Nc1nc(-c2ccc(OCc3ccc([N+](=O)[O-])cc3)cc2)cs1. The van der Waals surface area contributed by atoms with E-state index in [1.807, 2.05) is 29.6 Å². The third kappa shape index (κ3) is 3.64. The Morgan fingerprint density at radius 1 is 1.13 bits per heavy atom. The van der Waals surface area contributed by atoms with E-state index in [-0.39, 0.29) is 5.69 Å². The molecular weight excluding hydrogens is 314 g/mol. The second-order valence-electron chi connectivity index (χ2n) is 4.81. The molecule has 0 aliphatic rings. The predicted octanol–water partition coefficient (Wildman–Crippen LogP) is 3.88. The van der Waals surface area contributed by atoms with Crippen LogP contribution in [0, 0.1) is 10.1 Å². The van der Waals surface area contributed by atoms with E-state index in [1.54, 1.807) is 12.1 Å². The average molecular weight is 327 g/mol. The summed E-state index contributed by atoms with van der Waals surface area (Å²) >= 11 is 1.40. The first kappa shape index (κ1) is 15.0. The quantitative estimate of drug-likeness (QED) is 0.567. The van der Waals surface area contributed by atoms with E-state index >= 15 is 0 Å². The number of nitro benzene ring substituents is 1. The molecule has 2 N–H and O–H groups in total. The highest BCUT2D eigenvalue weighted by molar-refractivity contribution is 7.13. The van der Waals surface area contributed by atoms with E-state index in [2.05, 4.69) is 4.98 Å². The van der Waals surface area contributed by atoms with Crippen LogP contribution in [0.2, 0.25) is 0 Å². The van der Waals surface area contributed by atoms with Crippen molar-refractivity contribution in [2.45, 2.75) is 6.61 Å². The summed E-state index contributed by atoms with van der Waals surface area (Å²) in [5.74, 6) is 0.718. The van der Waals surface area contributed by atoms with Crippen LogP contribution >= 0.6 is 11.3 Å². The Morgan fingerprint density at radius 3 is 2.39 bits per heavy atom. The molecule has 0 bridgehead atoms. The summed E-state index contributed by atoms with van der Waals surface area (Å²) in [4.78, 5) is 14.4. The molecule has 0 saturated carbocycles. The second kappa shape index (κ2) is 6.45. The summed E-state index contributed by atoms with van der Waals surface area (Å²) in [6, 6.07) is 13.9.